The van der Waals surface area contributed by atoms with E-state index in [-0.39, 0.29) is 17.9 Å². The maximum Gasteiger partial charge on any atom is 0.228 e. The molecule has 0 bridgehead atoms. The van der Waals surface area contributed by atoms with Crippen molar-refractivity contribution in [1.82, 2.24) is 24.8 Å². The molecule has 3 aromatic rings. The second-order valence-electron chi connectivity index (χ2n) is 9.86. The molecule has 180 valence electrons. The number of pyridine rings is 2. The molecular weight excluding hydrogens is 426 g/mol. The van der Waals surface area contributed by atoms with E-state index in [1.54, 1.807) is 24.8 Å². The first kappa shape index (κ1) is 24.0. The topological polar surface area (TPSA) is 95.9 Å². The van der Waals surface area contributed by atoms with Crippen LogP contribution in [0.4, 0.5) is 11.6 Å². The molecule has 4 rings (SSSR count). The van der Waals surface area contributed by atoms with Crippen LogP contribution in [0.5, 0.6) is 0 Å². The van der Waals surface area contributed by atoms with Gasteiger partial charge in [-0.2, -0.15) is 0 Å². The lowest BCUT2D eigenvalue weighted by Gasteiger charge is -2.31. The molecule has 1 amide bonds. The van der Waals surface area contributed by atoms with Crippen molar-refractivity contribution >= 4 is 28.3 Å². The predicted octanol–water partition coefficient (Wildman–Crippen LogP) is 4.60. The number of hydrogen-bond acceptors (Lipinski definition) is 7. The molecule has 0 spiro atoms. The number of nitrogens with zero attached hydrogens (tertiary/aromatic N) is 5. The molecule has 8 heteroatoms. The largest absolute Gasteiger partial charge is 0.367 e. The van der Waals surface area contributed by atoms with Crippen LogP contribution in [-0.2, 0) is 4.79 Å². The normalized spacial score (nSPS) is 15.2. The first-order valence-electron chi connectivity index (χ1n) is 12.3. The van der Waals surface area contributed by atoms with E-state index < -0.39 is 0 Å². The number of hydrogen-bond donors (Lipinski definition) is 2. The quantitative estimate of drug-likeness (QED) is 0.506. The average Bonchev–Trinajstić information content (AvgIpc) is 2.82. The third kappa shape index (κ3) is 6.26. The Morgan fingerprint density at radius 3 is 2.47 bits per heavy atom. The van der Waals surface area contributed by atoms with Crippen molar-refractivity contribution < 1.29 is 4.79 Å². The number of amides is 1. The maximum atomic E-state index is 12.9. The lowest BCUT2D eigenvalue weighted by molar-refractivity contribution is -0.121. The molecular formula is C26H35N7O. The summed E-state index contributed by atoms with van der Waals surface area (Å²) in [6.45, 7) is 11.7. The van der Waals surface area contributed by atoms with Crippen LogP contribution in [0.1, 0.15) is 47.0 Å². The second-order valence-corrected chi connectivity index (χ2v) is 9.86. The summed E-state index contributed by atoms with van der Waals surface area (Å²) >= 11 is 0. The Labute approximate surface area is 201 Å². The fraction of sp³-hybridized carbons (Fsp3) is 0.500. The highest BCUT2D eigenvalue weighted by atomic mass is 16.1. The highest BCUT2D eigenvalue weighted by molar-refractivity contribution is 5.94. The number of anilines is 2. The molecule has 1 aliphatic heterocycles. The number of carbonyl (C=O) groups excluding carboxylic acids is 1. The van der Waals surface area contributed by atoms with Gasteiger partial charge < -0.3 is 15.5 Å². The van der Waals surface area contributed by atoms with E-state index in [1.807, 2.05) is 12.1 Å². The number of aromatic nitrogens is 4. The summed E-state index contributed by atoms with van der Waals surface area (Å²) in [4.78, 5) is 33.2. The molecule has 0 saturated carbocycles. The van der Waals surface area contributed by atoms with Gasteiger partial charge in [-0.1, -0.05) is 13.8 Å². The Morgan fingerprint density at radius 2 is 1.74 bits per heavy atom. The highest BCUT2D eigenvalue weighted by Gasteiger charge is 2.25. The zero-order valence-electron chi connectivity index (χ0n) is 20.6. The van der Waals surface area contributed by atoms with E-state index >= 15 is 0 Å². The van der Waals surface area contributed by atoms with E-state index in [4.69, 9.17) is 0 Å². The lowest BCUT2D eigenvalue weighted by Crippen LogP contribution is -2.38. The zero-order valence-corrected chi connectivity index (χ0v) is 20.6. The van der Waals surface area contributed by atoms with Gasteiger partial charge in [0.2, 0.25) is 5.91 Å². The van der Waals surface area contributed by atoms with E-state index in [2.05, 4.69) is 63.2 Å². The van der Waals surface area contributed by atoms with Crippen molar-refractivity contribution in [3.8, 4) is 11.4 Å². The van der Waals surface area contributed by atoms with Crippen LogP contribution in [-0.4, -0.2) is 56.4 Å². The molecule has 4 heterocycles. The smallest absolute Gasteiger partial charge is 0.228 e. The maximum absolute atomic E-state index is 12.9. The van der Waals surface area contributed by atoms with Gasteiger partial charge in [0, 0.05) is 29.7 Å². The molecule has 0 aliphatic carbocycles. The van der Waals surface area contributed by atoms with Gasteiger partial charge in [-0.25, -0.2) is 9.97 Å². The summed E-state index contributed by atoms with van der Waals surface area (Å²) in [6, 6.07) is 4.13. The van der Waals surface area contributed by atoms with E-state index in [9.17, 15) is 4.79 Å². The molecule has 0 unspecified atom stereocenters. The molecule has 0 atom stereocenters. The van der Waals surface area contributed by atoms with Gasteiger partial charge in [0.1, 0.15) is 17.3 Å². The SMILES string of the molecule is CC(C)CCN1CCC(C(=O)Nc2cc3cc(-c4cncc(NC(C)C)n4)ncc3cn2)CC1. The van der Waals surface area contributed by atoms with Gasteiger partial charge >= 0.3 is 0 Å². The number of likely N-dealkylation sites (tertiary alicyclic amines) is 1. The molecule has 1 fully saturated rings. The zero-order chi connectivity index (χ0) is 24.1. The molecule has 0 aromatic carbocycles. The molecule has 8 nitrogen and oxygen atoms in total. The molecule has 2 N–H and O–H groups in total. The Bertz CT molecular complexity index is 1120. The summed E-state index contributed by atoms with van der Waals surface area (Å²) in [5, 5.41) is 8.15. The number of carbonyl (C=O) groups is 1. The Morgan fingerprint density at radius 1 is 0.971 bits per heavy atom. The second kappa shape index (κ2) is 10.9. The number of piperidine rings is 1. The van der Waals surface area contributed by atoms with E-state index in [0.29, 0.717) is 23.2 Å². The van der Waals surface area contributed by atoms with Gasteiger partial charge in [-0.3, -0.25) is 14.8 Å². The number of rotatable bonds is 8. The summed E-state index contributed by atoms with van der Waals surface area (Å²) in [7, 11) is 0. The predicted molar refractivity (Wildman–Crippen MR) is 137 cm³/mol. The Hall–Kier alpha value is -3.13. The summed E-state index contributed by atoms with van der Waals surface area (Å²) in [6.07, 6.45) is 9.93. The fourth-order valence-electron chi connectivity index (χ4n) is 4.19. The number of nitrogens with one attached hydrogen (secondary N) is 2. The average molecular weight is 462 g/mol. The highest BCUT2D eigenvalue weighted by Crippen LogP contribution is 2.24. The third-order valence-corrected chi connectivity index (χ3v) is 6.17. The van der Waals surface area contributed by atoms with E-state index in [0.717, 1.165) is 48.9 Å². The Balaban J connectivity index is 1.43. The van der Waals surface area contributed by atoms with Crippen molar-refractivity contribution in [2.75, 3.05) is 30.3 Å². The number of fused-ring (bicyclic) bond motifs is 1. The summed E-state index contributed by atoms with van der Waals surface area (Å²) in [5.74, 6) is 2.09. The van der Waals surface area contributed by atoms with Crippen LogP contribution >= 0.6 is 0 Å². The van der Waals surface area contributed by atoms with Crippen LogP contribution in [0.25, 0.3) is 22.2 Å². The Kier molecular flexibility index (Phi) is 7.67. The van der Waals surface area contributed by atoms with Gasteiger partial charge in [0.25, 0.3) is 0 Å². The van der Waals surface area contributed by atoms with Gasteiger partial charge in [-0.05, 0) is 76.2 Å². The lowest BCUT2D eigenvalue weighted by atomic mass is 9.95. The first-order chi connectivity index (χ1) is 16.4. The van der Waals surface area contributed by atoms with E-state index in [1.165, 1.54) is 6.42 Å². The van der Waals surface area contributed by atoms with Crippen molar-refractivity contribution in [2.24, 2.45) is 11.8 Å². The van der Waals surface area contributed by atoms with Crippen molar-refractivity contribution in [2.45, 2.75) is 53.0 Å². The molecule has 3 aromatic heterocycles. The summed E-state index contributed by atoms with van der Waals surface area (Å²) in [5.41, 5.74) is 1.42. The van der Waals surface area contributed by atoms with Gasteiger partial charge in [0.15, 0.2) is 0 Å². The molecule has 1 saturated heterocycles. The van der Waals surface area contributed by atoms with Gasteiger partial charge in [-0.15, -0.1) is 0 Å². The van der Waals surface area contributed by atoms with Crippen LogP contribution < -0.4 is 10.6 Å². The third-order valence-electron chi connectivity index (χ3n) is 6.17. The minimum absolute atomic E-state index is 0.0345. The van der Waals surface area contributed by atoms with Crippen LogP contribution in [0.3, 0.4) is 0 Å². The molecule has 1 aliphatic rings. The molecule has 0 radical (unpaired) electrons. The van der Waals surface area contributed by atoms with Crippen LogP contribution in [0, 0.1) is 11.8 Å². The van der Waals surface area contributed by atoms with Crippen LogP contribution in [0.2, 0.25) is 0 Å². The minimum Gasteiger partial charge on any atom is -0.367 e. The monoisotopic (exact) mass is 461 g/mol. The first-order valence-corrected chi connectivity index (χ1v) is 12.3. The van der Waals surface area contributed by atoms with Crippen molar-refractivity contribution in [3.63, 3.8) is 0 Å². The fourth-order valence-corrected chi connectivity index (χ4v) is 4.19. The van der Waals surface area contributed by atoms with Crippen molar-refractivity contribution in [1.29, 1.82) is 0 Å². The standard InChI is InChI=1S/C26H35N7O/c1-17(2)5-8-33-9-6-19(7-10-33)26(34)32-24-12-20-11-22(28-13-21(20)14-29-24)23-15-27-16-25(31-23)30-18(3)4/h11-19H,5-10H2,1-4H3,(H,30,31)(H,29,32,34). The summed E-state index contributed by atoms with van der Waals surface area (Å²) < 4.78 is 0. The van der Waals surface area contributed by atoms with Crippen LogP contribution in [0.15, 0.2) is 36.9 Å². The molecule has 34 heavy (non-hydrogen) atoms. The minimum atomic E-state index is 0.0345. The van der Waals surface area contributed by atoms with Crippen molar-refractivity contribution in [3.05, 3.63) is 36.9 Å². The van der Waals surface area contributed by atoms with Gasteiger partial charge in [0.05, 0.1) is 18.1 Å².